The number of hydrogen-bond donors (Lipinski definition) is 3. The standard InChI is InChI=1S/C10H22N2O4/c1-15-5-3-4-9(11)10(14)12-8(6-13)7-16-2/h8-9,13H,3-7,11H2,1-2H3,(H,12,14). The van der Waals surface area contributed by atoms with Gasteiger partial charge in [-0.2, -0.15) is 0 Å². The molecule has 0 aromatic heterocycles. The van der Waals surface area contributed by atoms with E-state index in [9.17, 15) is 4.79 Å². The third-order valence-electron chi connectivity index (χ3n) is 2.13. The van der Waals surface area contributed by atoms with Gasteiger partial charge >= 0.3 is 0 Å². The maximum absolute atomic E-state index is 11.5. The number of aliphatic hydroxyl groups excluding tert-OH is 1. The van der Waals surface area contributed by atoms with Crippen LogP contribution in [0.4, 0.5) is 0 Å². The fourth-order valence-corrected chi connectivity index (χ4v) is 1.23. The number of carbonyl (C=O) groups is 1. The van der Waals surface area contributed by atoms with E-state index in [2.05, 4.69) is 5.32 Å². The van der Waals surface area contributed by atoms with Crippen LogP contribution >= 0.6 is 0 Å². The largest absolute Gasteiger partial charge is 0.394 e. The molecule has 6 nitrogen and oxygen atoms in total. The number of carbonyl (C=O) groups excluding carboxylic acids is 1. The molecule has 16 heavy (non-hydrogen) atoms. The number of rotatable bonds is 9. The normalized spacial score (nSPS) is 14.5. The minimum absolute atomic E-state index is 0.162. The molecule has 0 aliphatic rings. The summed E-state index contributed by atoms with van der Waals surface area (Å²) in [4.78, 5) is 11.5. The summed E-state index contributed by atoms with van der Waals surface area (Å²) < 4.78 is 9.70. The van der Waals surface area contributed by atoms with Crippen molar-refractivity contribution in [3.05, 3.63) is 0 Å². The average molecular weight is 234 g/mol. The van der Waals surface area contributed by atoms with E-state index in [0.717, 1.165) is 6.42 Å². The Kier molecular flexibility index (Phi) is 9.12. The Morgan fingerprint density at radius 2 is 2.12 bits per heavy atom. The SMILES string of the molecule is COCCCC(N)C(=O)NC(CO)COC. The zero-order valence-electron chi connectivity index (χ0n) is 9.94. The van der Waals surface area contributed by atoms with Crippen molar-refractivity contribution in [1.29, 1.82) is 0 Å². The Morgan fingerprint density at radius 1 is 1.44 bits per heavy atom. The van der Waals surface area contributed by atoms with Crippen LogP contribution < -0.4 is 11.1 Å². The van der Waals surface area contributed by atoms with Gasteiger partial charge in [0.25, 0.3) is 0 Å². The summed E-state index contributed by atoms with van der Waals surface area (Å²) in [5.74, 6) is -0.271. The Morgan fingerprint density at radius 3 is 2.62 bits per heavy atom. The highest BCUT2D eigenvalue weighted by molar-refractivity contribution is 5.81. The van der Waals surface area contributed by atoms with Crippen molar-refractivity contribution in [3.8, 4) is 0 Å². The topological polar surface area (TPSA) is 93.8 Å². The smallest absolute Gasteiger partial charge is 0.237 e. The molecular weight excluding hydrogens is 212 g/mol. The zero-order chi connectivity index (χ0) is 12.4. The van der Waals surface area contributed by atoms with Crippen LogP contribution in [0.1, 0.15) is 12.8 Å². The highest BCUT2D eigenvalue weighted by atomic mass is 16.5. The number of amides is 1. The molecule has 0 aliphatic heterocycles. The van der Waals surface area contributed by atoms with Gasteiger partial charge in [-0.05, 0) is 12.8 Å². The molecule has 4 N–H and O–H groups in total. The molecule has 0 bridgehead atoms. The minimum Gasteiger partial charge on any atom is -0.394 e. The molecule has 1 amide bonds. The first-order valence-corrected chi connectivity index (χ1v) is 5.30. The van der Waals surface area contributed by atoms with Crippen LogP contribution in [0.5, 0.6) is 0 Å². The van der Waals surface area contributed by atoms with Crippen molar-refractivity contribution >= 4 is 5.91 Å². The maximum atomic E-state index is 11.5. The predicted octanol–water partition coefficient (Wildman–Crippen LogP) is -1.14. The van der Waals surface area contributed by atoms with E-state index in [-0.39, 0.29) is 19.1 Å². The molecule has 2 atom stereocenters. The molecule has 2 unspecified atom stereocenters. The quantitative estimate of drug-likeness (QED) is 0.439. The minimum atomic E-state index is -0.568. The number of aliphatic hydroxyl groups is 1. The van der Waals surface area contributed by atoms with Crippen molar-refractivity contribution in [2.45, 2.75) is 24.9 Å². The van der Waals surface area contributed by atoms with E-state index in [1.807, 2.05) is 0 Å². The van der Waals surface area contributed by atoms with Crippen molar-refractivity contribution in [2.24, 2.45) is 5.73 Å². The van der Waals surface area contributed by atoms with Gasteiger partial charge in [0.15, 0.2) is 0 Å². The number of nitrogens with one attached hydrogen (secondary N) is 1. The van der Waals surface area contributed by atoms with E-state index in [0.29, 0.717) is 13.0 Å². The molecular formula is C10H22N2O4. The third kappa shape index (κ3) is 6.73. The van der Waals surface area contributed by atoms with Crippen LogP contribution in [0, 0.1) is 0 Å². The lowest BCUT2D eigenvalue weighted by Gasteiger charge is -2.18. The summed E-state index contributed by atoms with van der Waals surface area (Å²) in [6, 6.07) is -0.966. The van der Waals surface area contributed by atoms with Crippen LogP contribution in [0.15, 0.2) is 0 Å². The van der Waals surface area contributed by atoms with Gasteiger partial charge in [0.1, 0.15) is 0 Å². The van der Waals surface area contributed by atoms with Gasteiger partial charge in [-0.15, -0.1) is 0 Å². The zero-order valence-corrected chi connectivity index (χ0v) is 9.94. The van der Waals surface area contributed by atoms with E-state index in [1.165, 1.54) is 7.11 Å². The van der Waals surface area contributed by atoms with Crippen molar-refractivity contribution in [1.82, 2.24) is 5.32 Å². The summed E-state index contributed by atoms with van der Waals surface area (Å²) in [6.45, 7) is 0.694. The molecule has 0 fully saturated rings. The van der Waals surface area contributed by atoms with Gasteiger partial charge < -0.3 is 25.6 Å². The number of hydrogen-bond acceptors (Lipinski definition) is 5. The molecule has 0 aliphatic carbocycles. The van der Waals surface area contributed by atoms with Crippen LogP contribution in [-0.2, 0) is 14.3 Å². The second-order valence-corrected chi connectivity index (χ2v) is 3.58. The first kappa shape index (κ1) is 15.3. The molecule has 0 aromatic carbocycles. The lowest BCUT2D eigenvalue weighted by Crippen LogP contribution is -2.48. The fraction of sp³-hybridized carbons (Fsp3) is 0.900. The Bertz CT molecular complexity index is 190. The summed E-state index contributed by atoms with van der Waals surface area (Å²) in [6.07, 6.45) is 1.30. The van der Waals surface area contributed by atoms with E-state index < -0.39 is 12.1 Å². The molecule has 0 aromatic rings. The molecule has 0 radical (unpaired) electrons. The first-order valence-electron chi connectivity index (χ1n) is 5.30. The Hall–Kier alpha value is -0.690. The van der Waals surface area contributed by atoms with Gasteiger partial charge in [0, 0.05) is 20.8 Å². The van der Waals surface area contributed by atoms with Crippen molar-refractivity contribution in [3.63, 3.8) is 0 Å². The summed E-state index contributed by atoms with van der Waals surface area (Å²) >= 11 is 0. The number of methoxy groups -OCH3 is 2. The third-order valence-corrected chi connectivity index (χ3v) is 2.13. The monoisotopic (exact) mass is 234 g/mol. The van der Waals surface area contributed by atoms with Gasteiger partial charge in [-0.25, -0.2) is 0 Å². The highest BCUT2D eigenvalue weighted by Gasteiger charge is 2.17. The highest BCUT2D eigenvalue weighted by Crippen LogP contribution is 1.96. The summed E-state index contributed by atoms with van der Waals surface area (Å²) in [5, 5.41) is 11.6. The second-order valence-electron chi connectivity index (χ2n) is 3.58. The summed E-state index contributed by atoms with van der Waals surface area (Å²) in [7, 11) is 3.11. The Labute approximate surface area is 96.1 Å². The molecule has 0 spiro atoms. The molecule has 0 saturated carbocycles. The molecule has 6 heteroatoms. The van der Waals surface area contributed by atoms with E-state index in [4.69, 9.17) is 20.3 Å². The molecule has 96 valence electrons. The average Bonchev–Trinajstić information content (AvgIpc) is 2.28. The van der Waals surface area contributed by atoms with Crippen molar-refractivity contribution < 1.29 is 19.4 Å². The first-order chi connectivity index (χ1) is 7.65. The fourth-order valence-electron chi connectivity index (χ4n) is 1.23. The van der Waals surface area contributed by atoms with Crippen molar-refractivity contribution in [2.75, 3.05) is 34.0 Å². The van der Waals surface area contributed by atoms with Crippen LogP contribution in [0.2, 0.25) is 0 Å². The molecule has 0 saturated heterocycles. The van der Waals surface area contributed by atoms with E-state index in [1.54, 1.807) is 7.11 Å². The Balaban J connectivity index is 3.83. The lowest BCUT2D eigenvalue weighted by molar-refractivity contribution is -0.124. The van der Waals surface area contributed by atoms with Gasteiger partial charge in [-0.3, -0.25) is 4.79 Å². The maximum Gasteiger partial charge on any atom is 0.237 e. The van der Waals surface area contributed by atoms with Gasteiger partial charge in [0.2, 0.25) is 5.91 Å². The van der Waals surface area contributed by atoms with Crippen LogP contribution in [0.25, 0.3) is 0 Å². The van der Waals surface area contributed by atoms with Gasteiger partial charge in [-0.1, -0.05) is 0 Å². The number of nitrogens with two attached hydrogens (primary N) is 1. The predicted molar refractivity (Wildman–Crippen MR) is 60.0 cm³/mol. The lowest BCUT2D eigenvalue weighted by atomic mass is 10.1. The van der Waals surface area contributed by atoms with Crippen LogP contribution in [0.3, 0.4) is 0 Å². The van der Waals surface area contributed by atoms with E-state index >= 15 is 0 Å². The molecule has 0 rings (SSSR count). The number of ether oxygens (including phenoxy) is 2. The van der Waals surface area contributed by atoms with Gasteiger partial charge in [0.05, 0.1) is 25.3 Å². The molecule has 0 heterocycles. The summed E-state index contributed by atoms with van der Waals surface area (Å²) in [5.41, 5.74) is 5.67. The second kappa shape index (κ2) is 9.53. The van der Waals surface area contributed by atoms with Crippen LogP contribution in [-0.4, -0.2) is 57.1 Å².